The third kappa shape index (κ3) is 3.71. The number of ether oxygens (including phenoxy) is 1. The van der Waals surface area contributed by atoms with Gasteiger partial charge in [0, 0.05) is 18.0 Å². The van der Waals surface area contributed by atoms with E-state index in [0.717, 1.165) is 30.0 Å². The molecule has 1 unspecified atom stereocenters. The number of aryl methyl sites for hydroxylation is 2. The molecule has 1 aliphatic heterocycles. The number of hydrogen-bond donors (Lipinski definition) is 1. The maximum absolute atomic E-state index is 12.8. The van der Waals surface area contributed by atoms with E-state index < -0.39 is 18.0 Å². The number of benzene rings is 1. The number of nitrogens with zero attached hydrogens (tertiary/aromatic N) is 2. The first-order chi connectivity index (χ1) is 14.3. The fraction of sp³-hybridized carbons (Fsp3) is 0.300. The standard InChI is InChI=1S/C20H17Cl2N3O4S/c1-9-15-18(24-14-4-3-7-25(14)19(15)27)30-16(9)20(28)29-10(2)17(26)23-13-8-11(21)5-6-12(13)22/h5-6,8,10H,3-4,7H2,1-2H3,(H,23,26). The zero-order chi connectivity index (χ0) is 21.6. The van der Waals surface area contributed by atoms with E-state index >= 15 is 0 Å². The average molecular weight is 466 g/mol. The maximum Gasteiger partial charge on any atom is 0.349 e. The quantitative estimate of drug-likeness (QED) is 0.582. The van der Waals surface area contributed by atoms with Crippen molar-refractivity contribution in [3.05, 3.63) is 54.9 Å². The Hall–Kier alpha value is -2.42. The van der Waals surface area contributed by atoms with E-state index in [-0.39, 0.29) is 10.4 Å². The third-order valence-corrected chi connectivity index (χ3v) is 6.67. The van der Waals surface area contributed by atoms with Gasteiger partial charge in [0.25, 0.3) is 11.5 Å². The molecule has 1 aliphatic rings. The Labute approximate surface area is 185 Å². The highest BCUT2D eigenvalue weighted by atomic mass is 35.5. The predicted octanol–water partition coefficient (Wildman–Crippen LogP) is 4.20. The van der Waals surface area contributed by atoms with Crippen molar-refractivity contribution in [1.82, 2.24) is 9.55 Å². The van der Waals surface area contributed by atoms with Gasteiger partial charge in [0.1, 0.15) is 15.5 Å². The Kier molecular flexibility index (Phi) is 5.57. The second kappa shape index (κ2) is 8.02. The van der Waals surface area contributed by atoms with Crippen molar-refractivity contribution in [3.63, 3.8) is 0 Å². The summed E-state index contributed by atoms with van der Waals surface area (Å²) >= 11 is 13.1. The van der Waals surface area contributed by atoms with Crippen LogP contribution < -0.4 is 10.9 Å². The number of rotatable bonds is 4. The van der Waals surface area contributed by atoms with Crippen molar-refractivity contribution >= 4 is 62.3 Å². The van der Waals surface area contributed by atoms with Gasteiger partial charge in [-0.3, -0.25) is 14.2 Å². The van der Waals surface area contributed by atoms with E-state index in [1.807, 2.05) is 0 Å². The summed E-state index contributed by atoms with van der Waals surface area (Å²) in [5, 5.41) is 3.74. The molecular weight excluding hydrogens is 449 g/mol. The summed E-state index contributed by atoms with van der Waals surface area (Å²) in [6.45, 7) is 3.78. The van der Waals surface area contributed by atoms with Crippen LogP contribution in [0.4, 0.5) is 5.69 Å². The lowest BCUT2D eigenvalue weighted by Gasteiger charge is -2.14. The molecule has 1 amide bonds. The number of nitrogens with one attached hydrogen (secondary N) is 1. The molecule has 0 radical (unpaired) electrons. The molecule has 0 aliphatic carbocycles. The van der Waals surface area contributed by atoms with E-state index in [1.165, 1.54) is 13.0 Å². The van der Waals surface area contributed by atoms with Gasteiger partial charge in [-0.25, -0.2) is 9.78 Å². The lowest BCUT2D eigenvalue weighted by Crippen LogP contribution is -2.30. The molecule has 7 nitrogen and oxygen atoms in total. The molecule has 1 N–H and O–H groups in total. The van der Waals surface area contributed by atoms with E-state index in [9.17, 15) is 14.4 Å². The second-order valence-corrected chi connectivity index (χ2v) is 8.83. The van der Waals surface area contributed by atoms with Crippen molar-refractivity contribution in [3.8, 4) is 0 Å². The number of aromatic nitrogens is 2. The zero-order valence-corrected chi connectivity index (χ0v) is 18.5. The first kappa shape index (κ1) is 20.8. The minimum atomic E-state index is -1.09. The number of carbonyl (C=O) groups is 2. The highest BCUT2D eigenvalue weighted by Gasteiger charge is 2.26. The Balaban J connectivity index is 1.55. The van der Waals surface area contributed by atoms with E-state index in [0.29, 0.717) is 38.1 Å². The Morgan fingerprint density at radius 1 is 1.33 bits per heavy atom. The summed E-state index contributed by atoms with van der Waals surface area (Å²) in [5.41, 5.74) is 0.703. The summed E-state index contributed by atoms with van der Waals surface area (Å²) in [5.74, 6) is -0.497. The highest BCUT2D eigenvalue weighted by molar-refractivity contribution is 7.20. The van der Waals surface area contributed by atoms with Crippen molar-refractivity contribution in [2.75, 3.05) is 5.32 Å². The van der Waals surface area contributed by atoms with Gasteiger partial charge >= 0.3 is 5.97 Å². The van der Waals surface area contributed by atoms with Crippen LogP contribution in [0.2, 0.25) is 10.0 Å². The van der Waals surface area contributed by atoms with Crippen LogP contribution in [-0.2, 0) is 22.5 Å². The van der Waals surface area contributed by atoms with Gasteiger partial charge in [-0.15, -0.1) is 11.3 Å². The second-order valence-electron chi connectivity index (χ2n) is 6.99. The van der Waals surface area contributed by atoms with Crippen molar-refractivity contribution in [1.29, 1.82) is 0 Å². The van der Waals surface area contributed by atoms with E-state index in [1.54, 1.807) is 23.6 Å². The molecule has 2 aromatic heterocycles. The normalized spacial score (nSPS) is 13.9. The highest BCUT2D eigenvalue weighted by Crippen LogP contribution is 2.30. The lowest BCUT2D eigenvalue weighted by molar-refractivity contribution is -0.123. The molecule has 1 atom stereocenters. The van der Waals surface area contributed by atoms with Crippen molar-refractivity contribution < 1.29 is 14.3 Å². The fourth-order valence-corrected chi connectivity index (χ4v) is 4.78. The van der Waals surface area contributed by atoms with Crippen LogP contribution in [0.3, 0.4) is 0 Å². The lowest BCUT2D eigenvalue weighted by atomic mass is 10.2. The Bertz CT molecular complexity index is 1250. The third-order valence-electron chi connectivity index (χ3n) is 4.94. The van der Waals surface area contributed by atoms with Crippen LogP contribution in [0.25, 0.3) is 10.2 Å². The van der Waals surface area contributed by atoms with Crippen LogP contribution in [0.1, 0.15) is 34.4 Å². The van der Waals surface area contributed by atoms with Gasteiger partial charge in [-0.05, 0) is 44.0 Å². The number of halogens is 2. The van der Waals surface area contributed by atoms with Gasteiger partial charge in [-0.1, -0.05) is 23.2 Å². The minimum absolute atomic E-state index is 0.137. The number of fused-ring (bicyclic) bond motifs is 2. The largest absolute Gasteiger partial charge is 0.448 e. The average Bonchev–Trinajstić information content (AvgIpc) is 3.29. The molecule has 10 heteroatoms. The first-order valence-corrected chi connectivity index (χ1v) is 10.8. The summed E-state index contributed by atoms with van der Waals surface area (Å²) in [7, 11) is 0. The number of anilines is 1. The molecule has 0 fully saturated rings. The first-order valence-electron chi connectivity index (χ1n) is 9.26. The summed E-state index contributed by atoms with van der Waals surface area (Å²) < 4.78 is 6.99. The Morgan fingerprint density at radius 3 is 2.87 bits per heavy atom. The zero-order valence-electron chi connectivity index (χ0n) is 16.1. The maximum atomic E-state index is 12.8. The van der Waals surface area contributed by atoms with Gasteiger partial charge in [0.2, 0.25) is 0 Å². The van der Waals surface area contributed by atoms with Crippen LogP contribution in [0.5, 0.6) is 0 Å². The monoisotopic (exact) mass is 465 g/mol. The molecule has 4 rings (SSSR count). The van der Waals surface area contributed by atoms with Crippen LogP contribution in [-0.4, -0.2) is 27.5 Å². The molecule has 0 bridgehead atoms. The SMILES string of the molecule is Cc1c(C(=O)OC(C)C(=O)Nc2cc(Cl)ccc2Cl)sc2nc3n(c(=O)c12)CCC3. The van der Waals surface area contributed by atoms with Gasteiger partial charge in [-0.2, -0.15) is 0 Å². The molecule has 0 saturated carbocycles. The molecule has 156 valence electrons. The number of carbonyl (C=O) groups excluding carboxylic acids is 2. The summed E-state index contributed by atoms with van der Waals surface area (Å²) in [6, 6.07) is 4.66. The molecule has 0 spiro atoms. The minimum Gasteiger partial charge on any atom is -0.448 e. The molecule has 3 heterocycles. The number of thiophene rings is 1. The van der Waals surface area contributed by atoms with Crippen LogP contribution in [0.15, 0.2) is 23.0 Å². The van der Waals surface area contributed by atoms with Crippen molar-refractivity contribution in [2.45, 2.75) is 39.3 Å². The van der Waals surface area contributed by atoms with E-state index in [2.05, 4.69) is 10.3 Å². The number of amides is 1. The van der Waals surface area contributed by atoms with Crippen molar-refractivity contribution in [2.24, 2.45) is 0 Å². The molecule has 1 aromatic carbocycles. The summed E-state index contributed by atoms with van der Waals surface area (Å²) in [4.78, 5) is 43.2. The topological polar surface area (TPSA) is 90.3 Å². The molecular formula is C20H17Cl2N3O4S. The number of hydrogen-bond acceptors (Lipinski definition) is 6. The molecule has 30 heavy (non-hydrogen) atoms. The molecule has 3 aromatic rings. The Morgan fingerprint density at radius 2 is 2.10 bits per heavy atom. The van der Waals surface area contributed by atoms with E-state index in [4.69, 9.17) is 27.9 Å². The van der Waals surface area contributed by atoms with Crippen LogP contribution in [0, 0.1) is 6.92 Å². The van der Waals surface area contributed by atoms with Gasteiger partial charge in [0.15, 0.2) is 6.10 Å². The van der Waals surface area contributed by atoms with Gasteiger partial charge < -0.3 is 10.1 Å². The molecule has 0 saturated heterocycles. The smallest absolute Gasteiger partial charge is 0.349 e. The summed E-state index contributed by atoms with van der Waals surface area (Å²) in [6.07, 6.45) is 0.540. The van der Waals surface area contributed by atoms with Gasteiger partial charge in [0.05, 0.1) is 16.1 Å². The fourth-order valence-electron chi connectivity index (χ4n) is 3.37. The predicted molar refractivity (Wildman–Crippen MR) is 117 cm³/mol. The number of esters is 1. The van der Waals surface area contributed by atoms with Crippen LogP contribution >= 0.6 is 34.5 Å².